The lowest BCUT2D eigenvalue weighted by molar-refractivity contribution is -0.384. The van der Waals surface area contributed by atoms with Gasteiger partial charge in [-0.1, -0.05) is 30.3 Å². The lowest BCUT2D eigenvalue weighted by atomic mass is 9.86. The van der Waals surface area contributed by atoms with Crippen LogP contribution in [0.25, 0.3) is 22.3 Å². The van der Waals surface area contributed by atoms with Crippen LogP contribution in [0.5, 0.6) is 5.75 Å². The van der Waals surface area contributed by atoms with E-state index < -0.39 is 16.5 Å². The predicted octanol–water partition coefficient (Wildman–Crippen LogP) is 3.40. The van der Waals surface area contributed by atoms with Gasteiger partial charge < -0.3 is 19.2 Å². The minimum atomic E-state index is -1.91. The Kier molecular flexibility index (Phi) is 5.31. The topological polar surface area (TPSA) is 146 Å². The van der Waals surface area contributed by atoms with E-state index in [0.29, 0.717) is 28.2 Å². The summed E-state index contributed by atoms with van der Waals surface area (Å²) >= 11 is 0. The number of esters is 1. The number of nitro benzene ring substituents is 1. The van der Waals surface area contributed by atoms with Gasteiger partial charge in [0.25, 0.3) is 11.2 Å². The number of pyridine rings is 2. The average molecular weight is 512 g/mol. The second kappa shape index (κ2) is 8.60. The van der Waals surface area contributed by atoms with Crippen LogP contribution >= 0.6 is 0 Å². The highest BCUT2D eigenvalue weighted by molar-refractivity contribution is 6.02. The third-order valence-electron chi connectivity index (χ3n) is 7.03. The first-order valence-corrected chi connectivity index (χ1v) is 11.9. The molecule has 6 rings (SSSR count). The summed E-state index contributed by atoms with van der Waals surface area (Å²) < 4.78 is 6.69. The van der Waals surface area contributed by atoms with Gasteiger partial charge in [0.2, 0.25) is 0 Å². The molecule has 0 spiro atoms. The summed E-state index contributed by atoms with van der Waals surface area (Å²) in [6.45, 7) is 1.64. The first kappa shape index (κ1) is 23.5. The molecule has 2 aromatic carbocycles. The lowest BCUT2D eigenvalue weighted by Crippen LogP contribution is -2.44. The highest BCUT2D eigenvalue weighted by Gasteiger charge is 2.45. The Labute approximate surface area is 214 Å². The maximum Gasteiger partial charge on any atom is 0.343 e. The molecule has 190 valence electrons. The Hall–Kier alpha value is -4.90. The van der Waals surface area contributed by atoms with Gasteiger partial charge in [-0.05, 0) is 30.7 Å². The van der Waals surface area contributed by atoms with Crippen molar-refractivity contribution in [3.63, 3.8) is 0 Å². The molecule has 1 atom stereocenters. The Morgan fingerprint density at radius 2 is 1.97 bits per heavy atom. The molecule has 0 saturated heterocycles. The molecule has 0 unspecified atom stereocenters. The number of benzene rings is 2. The van der Waals surface area contributed by atoms with Crippen molar-refractivity contribution >= 4 is 28.8 Å². The van der Waals surface area contributed by atoms with Gasteiger partial charge in [-0.2, -0.15) is 0 Å². The van der Waals surface area contributed by atoms with Crippen LogP contribution in [-0.4, -0.2) is 31.8 Å². The van der Waals surface area contributed by atoms with E-state index in [1.54, 1.807) is 17.6 Å². The van der Waals surface area contributed by atoms with Gasteiger partial charge in [-0.25, -0.2) is 9.78 Å². The smallest absolute Gasteiger partial charge is 0.343 e. The number of oxime groups is 1. The summed E-state index contributed by atoms with van der Waals surface area (Å²) in [7, 11) is 0. The van der Waals surface area contributed by atoms with Gasteiger partial charge >= 0.3 is 5.97 Å². The first-order valence-electron chi connectivity index (χ1n) is 11.9. The molecule has 0 radical (unpaired) electrons. The third-order valence-corrected chi connectivity index (χ3v) is 7.03. The largest absolute Gasteiger partial charge is 0.458 e. The van der Waals surface area contributed by atoms with E-state index in [4.69, 9.17) is 14.6 Å². The summed E-state index contributed by atoms with van der Waals surface area (Å²) in [5, 5.41) is 26.9. The van der Waals surface area contributed by atoms with E-state index >= 15 is 0 Å². The standard InChI is InChI=1S/C27H20N4O7/c1-2-27(34)21-11-23-24-19(13-30(23)25(32)20(21)14-37-26(27)33)18(17-5-3-4-6-22(17)29-24)12-28-38-16-9-7-15(8-10-16)31(35)36/h3-12,34H,2,13-14H2,1H3/b28-12+/t27-/m0/s1. The van der Waals surface area contributed by atoms with Gasteiger partial charge in [0.05, 0.1) is 40.2 Å². The van der Waals surface area contributed by atoms with Crippen molar-refractivity contribution in [2.24, 2.45) is 5.16 Å². The van der Waals surface area contributed by atoms with Crippen LogP contribution in [0.2, 0.25) is 0 Å². The van der Waals surface area contributed by atoms with Gasteiger partial charge in [0.15, 0.2) is 11.4 Å². The molecule has 4 aromatic rings. The highest BCUT2D eigenvalue weighted by atomic mass is 16.6. The van der Waals surface area contributed by atoms with Crippen LogP contribution in [0.3, 0.4) is 0 Å². The van der Waals surface area contributed by atoms with Crippen LogP contribution in [0.4, 0.5) is 5.69 Å². The van der Waals surface area contributed by atoms with Crippen LogP contribution in [-0.2, 0) is 28.3 Å². The lowest BCUT2D eigenvalue weighted by Gasteiger charge is -2.31. The maximum atomic E-state index is 13.5. The van der Waals surface area contributed by atoms with Gasteiger partial charge in [-0.3, -0.25) is 14.9 Å². The summed E-state index contributed by atoms with van der Waals surface area (Å²) in [4.78, 5) is 46.6. The van der Waals surface area contributed by atoms with Crippen molar-refractivity contribution in [3.05, 3.63) is 97.3 Å². The molecule has 2 aliphatic heterocycles. The molecule has 4 heterocycles. The number of ether oxygens (including phenoxy) is 1. The molecule has 0 amide bonds. The zero-order valence-electron chi connectivity index (χ0n) is 20.1. The summed E-state index contributed by atoms with van der Waals surface area (Å²) in [6.07, 6.45) is 1.58. The van der Waals surface area contributed by atoms with Crippen molar-refractivity contribution in [1.29, 1.82) is 0 Å². The van der Waals surface area contributed by atoms with E-state index in [-0.39, 0.29) is 41.9 Å². The molecule has 1 N–H and O–H groups in total. The number of aromatic nitrogens is 2. The number of nitro groups is 1. The highest BCUT2D eigenvalue weighted by Crippen LogP contribution is 2.39. The molecule has 2 aromatic heterocycles. The van der Waals surface area contributed by atoms with E-state index in [0.717, 1.165) is 10.9 Å². The zero-order valence-corrected chi connectivity index (χ0v) is 20.1. The van der Waals surface area contributed by atoms with Gasteiger partial charge in [-0.15, -0.1) is 0 Å². The molecule has 0 aliphatic carbocycles. The summed E-state index contributed by atoms with van der Waals surface area (Å²) in [5.41, 5.74) is 1.25. The zero-order chi connectivity index (χ0) is 26.6. The number of rotatable bonds is 5. The fourth-order valence-corrected chi connectivity index (χ4v) is 4.98. The molecule has 0 saturated carbocycles. The number of cyclic esters (lactones) is 1. The Morgan fingerprint density at radius 3 is 2.71 bits per heavy atom. The third kappa shape index (κ3) is 3.47. The number of fused-ring (bicyclic) bond motifs is 5. The van der Waals surface area contributed by atoms with E-state index in [1.165, 1.54) is 30.5 Å². The number of carbonyl (C=O) groups excluding carboxylic acids is 1. The maximum absolute atomic E-state index is 13.5. The SMILES string of the molecule is CC[C@@]1(O)C(=O)OCc2c1cc1n(c2=O)Cc2c-1nc1ccccc1c2/C=N/Oc1ccc([N+](=O)[O-])cc1. The van der Waals surface area contributed by atoms with Crippen LogP contribution < -0.4 is 10.4 Å². The quantitative estimate of drug-likeness (QED) is 0.163. The van der Waals surface area contributed by atoms with Gasteiger partial charge in [0.1, 0.15) is 6.61 Å². The van der Waals surface area contributed by atoms with Crippen molar-refractivity contribution < 1.29 is 24.4 Å². The summed E-state index contributed by atoms with van der Waals surface area (Å²) in [6, 6.07) is 14.6. The van der Waals surface area contributed by atoms with Crippen molar-refractivity contribution in [2.45, 2.75) is 32.1 Å². The number of hydrogen-bond donors (Lipinski definition) is 1. The predicted molar refractivity (Wildman–Crippen MR) is 136 cm³/mol. The van der Waals surface area contributed by atoms with Crippen molar-refractivity contribution in [2.75, 3.05) is 0 Å². The second-order valence-corrected chi connectivity index (χ2v) is 9.05. The van der Waals surface area contributed by atoms with E-state index in [9.17, 15) is 24.8 Å². The second-order valence-electron chi connectivity index (χ2n) is 9.05. The molecular weight excluding hydrogens is 492 g/mol. The fraction of sp³-hybridized carbons (Fsp3) is 0.185. The molecule has 0 bridgehead atoms. The number of hydrogen-bond acceptors (Lipinski definition) is 9. The minimum Gasteiger partial charge on any atom is -0.458 e. The number of non-ortho nitro benzene ring substituents is 1. The minimum absolute atomic E-state index is 0.0532. The molecule has 38 heavy (non-hydrogen) atoms. The van der Waals surface area contributed by atoms with E-state index in [2.05, 4.69) is 5.16 Å². The average Bonchev–Trinajstić information content (AvgIpc) is 3.29. The van der Waals surface area contributed by atoms with E-state index in [1.807, 2.05) is 24.3 Å². The van der Waals surface area contributed by atoms with Gasteiger partial charge in [0, 0.05) is 34.2 Å². The van der Waals surface area contributed by atoms with Crippen LogP contribution in [0, 0.1) is 10.1 Å². The molecule has 2 aliphatic rings. The normalized spacial score (nSPS) is 17.7. The summed E-state index contributed by atoms with van der Waals surface area (Å²) in [5.74, 6) is -0.463. The molecule has 0 fully saturated rings. The van der Waals surface area contributed by atoms with Crippen molar-refractivity contribution in [3.8, 4) is 17.1 Å². The molecule has 11 nitrogen and oxygen atoms in total. The first-order chi connectivity index (χ1) is 18.3. The van der Waals surface area contributed by atoms with Crippen LogP contribution in [0.15, 0.2) is 64.5 Å². The van der Waals surface area contributed by atoms with Crippen LogP contribution in [0.1, 0.15) is 35.6 Å². The number of nitrogens with zero attached hydrogens (tertiary/aromatic N) is 4. The molecular formula is C27H20N4O7. The molecule has 11 heteroatoms. The monoisotopic (exact) mass is 512 g/mol. The number of para-hydroxylation sites is 1. The fourth-order valence-electron chi connectivity index (χ4n) is 4.98. The van der Waals surface area contributed by atoms with Crippen molar-refractivity contribution in [1.82, 2.24) is 9.55 Å². The Morgan fingerprint density at radius 1 is 1.21 bits per heavy atom. The Balaban J connectivity index is 1.47. The Bertz CT molecular complexity index is 1740. The number of carbonyl (C=O) groups is 1. The number of aliphatic hydroxyl groups is 1.